The van der Waals surface area contributed by atoms with E-state index in [1.54, 1.807) is 0 Å². The normalized spacial score (nSPS) is 17.4. The van der Waals surface area contributed by atoms with Crippen LogP contribution in [-0.4, -0.2) is 29.3 Å². The number of halogens is 1. The van der Waals surface area contributed by atoms with Crippen molar-refractivity contribution in [1.82, 2.24) is 0 Å². The van der Waals surface area contributed by atoms with E-state index in [0.717, 1.165) is 13.0 Å². The van der Waals surface area contributed by atoms with E-state index in [0.29, 0.717) is 5.92 Å². The lowest BCUT2D eigenvalue weighted by Crippen LogP contribution is -2.46. The zero-order valence-electron chi connectivity index (χ0n) is 20.0. The van der Waals surface area contributed by atoms with Gasteiger partial charge in [-0.2, -0.15) is 0 Å². The van der Waals surface area contributed by atoms with E-state index in [2.05, 4.69) is 120 Å². The summed E-state index contributed by atoms with van der Waals surface area (Å²) in [5.74, 6) is 0.370. The minimum atomic E-state index is -1.83. The van der Waals surface area contributed by atoms with Gasteiger partial charge in [-0.3, -0.25) is 0 Å². The summed E-state index contributed by atoms with van der Waals surface area (Å²) in [5, 5.41) is 0.460. The van der Waals surface area contributed by atoms with E-state index in [9.17, 15) is 0 Å². The lowest BCUT2D eigenvalue weighted by molar-refractivity contribution is 0.113. The summed E-state index contributed by atoms with van der Waals surface area (Å²) >= 11 is 2.28. The first kappa shape index (κ1) is 27.6. The van der Waals surface area contributed by atoms with Crippen LogP contribution >= 0.6 is 22.6 Å². The lowest BCUT2D eigenvalue weighted by atomic mass is 9.99. The van der Waals surface area contributed by atoms with Gasteiger partial charge >= 0.3 is 0 Å². The molecule has 0 saturated heterocycles. The Morgan fingerprint density at radius 1 is 0.963 bits per heavy atom. The quantitative estimate of drug-likeness (QED) is 0.172. The molecule has 0 aliphatic heterocycles. The molecule has 0 bridgehead atoms. The predicted octanol–water partition coefficient (Wildman–Crippen LogP) is 8.32. The van der Waals surface area contributed by atoms with E-state index in [4.69, 9.17) is 8.85 Å². The van der Waals surface area contributed by atoms with E-state index in [1.165, 1.54) is 5.57 Å². The highest BCUT2D eigenvalue weighted by molar-refractivity contribution is 14.1. The highest BCUT2D eigenvalue weighted by Gasteiger charge is 2.41. The Labute approximate surface area is 186 Å². The van der Waals surface area contributed by atoms with E-state index < -0.39 is 16.6 Å². The maximum Gasteiger partial charge on any atom is 0.192 e. The van der Waals surface area contributed by atoms with Gasteiger partial charge in [0, 0.05) is 6.61 Å². The summed E-state index contributed by atoms with van der Waals surface area (Å²) in [7, 11) is -3.54. The van der Waals surface area contributed by atoms with Crippen LogP contribution in [0, 0.1) is 5.92 Å². The second-order valence-corrected chi connectivity index (χ2v) is 21.2. The zero-order chi connectivity index (χ0) is 21.7. The van der Waals surface area contributed by atoms with Gasteiger partial charge in [0.25, 0.3) is 0 Å². The molecule has 5 heteroatoms. The Kier molecular flexibility index (Phi) is 10.8. The molecular formula is C22H45IO2Si2. The number of rotatable bonds is 9. The molecule has 160 valence electrons. The van der Waals surface area contributed by atoms with Gasteiger partial charge in [0.2, 0.25) is 0 Å². The van der Waals surface area contributed by atoms with Gasteiger partial charge in [-0.05, 0) is 59.6 Å². The van der Waals surface area contributed by atoms with Gasteiger partial charge in [0.1, 0.15) is 0 Å². The Morgan fingerprint density at radius 2 is 1.44 bits per heavy atom. The number of hydrogen-bond donors (Lipinski definition) is 0. The third kappa shape index (κ3) is 9.28. The fourth-order valence-electron chi connectivity index (χ4n) is 2.31. The molecule has 0 rings (SSSR count). The molecule has 0 aliphatic rings. The van der Waals surface area contributed by atoms with Gasteiger partial charge in [0.15, 0.2) is 16.6 Å². The maximum atomic E-state index is 6.85. The summed E-state index contributed by atoms with van der Waals surface area (Å²) in [4.78, 5) is 0. The Balaban J connectivity index is 5.34. The summed E-state index contributed by atoms with van der Waals surface area (Å²) < 4.78 is 15.4. The van der Waals surface area contributed by atoms with Crippen LogP contribution < -0.4 is 0 Å². The molecule has 0 spiro atoms. The molecule has 2 nitrogen and oxygen atoms in total. The van der Waals surface area contributed by atoms with Crippen molar-refractivity contribution in [2.45, 2.75) is 104 Å². The van der Waals surface area contributed by atoms with Gasteiger partial charge in [-0.15, -0.1) is 0 Å². The fraction of sp³-hybridized carbons (Fsp3) is 0.818. The van der Waals surface area contributed by atoms with Crippen LogP contribution in [0.1, 0.15) is 61.8 Å². The Hall–Kier alpha value is 0.564. The zero-order valence-corrected chi connectivity index (χ0v) is 24.2. The third-order valence-corrected chi connectivity index (χ3v) is 15.8. The molecule has 0 aromatic rings. The lowest BCUT2D eigenvalue weighted by Gasteiger charge is -2.41. The first-order valence-corrected chi connectivity index (χ1v) is 17.3. The summed E-state index contributed by atoms with van der Waals surface area (Å²) in [6.07, 6.45) is 5.66. The number of allylic oxidation sites excluding steroid dienone is 2. The van der Waals surface area contributed by atoms with Gasteiger partial charge < -0.3 is 8.85 Å². The minimum absolute atomic E-state index is 0.202. The average Bonchev–Trinajstić information content (AvgIpc) is 2.43. The third-order valence-electron chi connectivity index (χ3n) is 6.36. The minimum Gasteiger partial charge on any atom is -0.417 e. The SMILES string of the molecule is CC(/C=C\I)=C\[C@H](C)[C@H](CCO[Si](C)(C)C(C)(C)C)O[Si](C)(C)C(C)(C)C. The summed E-state index contributed by atoms with van der Waals surface area (Å²) in [5.41, 5.74) is 1.30. The second-order valence-electron chi connectivity index (χ2n) is 10.9. The van der Waals surface area contributed by atoms with Crippen LogP contribution in [0.2, 0.25) is 36.3 Å². The summed E-state index contributed by atoms with van der Waals surface area (Å²) in [6.45, 7) is 28.4. The molecular weight excluding hydrogens is 479 g/mol. The molecule has 0 N–H and O–H groups in total. The van der Waals surface area contributed by atoms with Crippen LogP contribution in [0.5, 0.6) is 0 Å². The van der Waals surface area contributed by atoms with Gasteiger partial charge in [-0.25, -0.2) is 0 Å². The highest BCUT2D eigenvalue weighted by atomic mass is 127. The van der Waals surface area contributed by atoms with Crippen molar-refractivity contribution in [3.05, 3.63) is 21.8 Å². The molecule has 0 unspecified atom stereocenters. The van der Waals surface area contributed by atoms with Crippen molar-refractivity contribution in [3.8, 4) is 0 Å². The maximum absolute atomic E-state index is 6.85. The standard InChI is InChI=1S/C22H45IO2Si2/c1-18(13-15-23)17-19(2)20(25-27(11,12)22(6,7)8)14-16-24-26(9,10)21(3,4)5/h13,15,17,19-20H,14,16H2,1-12H3/b15-13-,18-17+/t19-,20-/m0/s1. The molecule has 0 saturated carbocycles. The van der Waals surface area contributed by atoms with Crippen LogP contribution in [0.15, 0.2) is 21.8 Å². The van der Waals surface area contributed by atoms with Gasteiger partial charge in [-0.1, -0.05) is 88.8 Å². The molecule has 0 fully saturated rings. The first-order valence-electron chi connectivity index (χ1n) is 10.2. The van der Waals surface area contributed by atoms with E-state index in [1.807, 2.05) is 0 Å². The van der Waals surface area contributed by atoms with Crippen molar-refractivity contribution in [3.63, 3.8) is 0 Å². The van der Waals surface area contributed by atoms with Crippen molar-refractivity contribution >= 4 is 39.2 Å². The van der Waals surface area contributed by atoms with E-state index in [-0.39, 0.29) is 16.2 Å². The summed E-state index contributed by atoms with van der Waals surface area (Å²) in [6, 6.07) is 0. The highest BCUT2D eigenvalue weighted by Crippen LogP contribution is 2.39. The largest absolute Gasteiger partial charge is 0.417 e. The van der Waals surface area contributed by atoms with Crippen LogP contribution in [0.4, 0.5) is 0 Å². The van der Waals surface area contributed by atoms with Gasteiger partial charge in [0.05, 0.1) is 6.10 Å². The van der Waals surface area contributed by atoms with Crippen molar-refractivity contribution in [1.29, 1.82) is 0 Å². The monoisotopic (exact) mass is 524 g/mol. The second kappa shape index (κ2) is 10.6. The molecule has 0 aromatic heterocycles. The predicted molar refractivity (Wildman–Crippen MR) is 136 cm³/mol. The Bertz CT molecular complexity index is 511. The number of hydrogen-bond acceptors (Lipinski definition) is 2. The van der Waals surface area contributed by atoms with Crippen molar-refractivity contribution in [2.24, 2.45) is 5.92 Å². The average molecular weight is 525 g/mol. The fourth-order valence-corrected chi connectivity index (χ4v) is 5.38. The molecule has 0 heterocycles. The molecule has 0 radical (unpaired) electrons. The molecule has 0 amide bonds. The van der Waals surface area contributed by atoms with Crippen molar-refractivity contribution in [2.75, 3.05) is 6.61 Å². The Morgan fingerprint density at radius 3 is 1.85 bits per heavy atom. The smallest absolute Gasteiger partial charge is 0.192 e. The molecule has 27 heavy (non-hydrogen) atoms. The van der Waals surface area contributed by atoms with Crippen LogP contribution in [0.3, 0.4) is 0 Å². The molecule has 2 atom stereocenters. The molecule has 0 aliphatic carbocycles. The van der Waals surface area contributed by atoms with Crippen LogP contribution in [-0.2, 0) is 8.85 Å². The van der Waals surface area contributed by atoms with Crippen LogP contribution in [0.25, 0.3) is 0 Å². The topological polar surface area (TPSA) is 18.5 Å². The van der Waals surface area contributed by atoms with Crippen molar-refractivity contribution < 1.29 is 8.85 Å². The first-order chi connectivity index (χ1) is 11.9. The van der Waals surface area contributed by atoms with E-state index >= 15 is 0 Å². The molecule has 0 aromatic carbocycles.